The van der Waals surface area contributed by atoms with Gasteiger partial charge in [0.15, 0.2) is 0 Å². The summed E-state index contributed by atoms with van der Waals surface area (Å²) in [7, 11) is 0. The Labute approximate surface area is 118 Å². The zero-order chi connectivity index (χ0) is 14.8. The van der Waals surface area contributed by atoms with Gasteiger partial charge in [-0.05, 0) is 18.2 Å². The molecule has 0 amide bonds. The number of aromatic nitrogens is 1. The maximum atomic E-state index is 12.6. The minimum atomic E-state index is -4.49. The van der Waals surface area contributed by atoms with E-state index in [1.54, 1.807) is 18.2 Å². The standard InChI is InChI=1S/C13H10ClF3N2O/c14-11-5-9(13(15,16)17)6-12(19-11)18-7-8-3-1-2-4-10(8)20/h1-6,20H,7H2,(H,18,19). The number of hydrogen-bond acceptors (Lipinski definition) is 3. The van der Waals surface area contributed by atoms with Gasteiger partial charge >= 0.3 is 6.18 Å². The molecule has 0 unspecified atom stereocenters. The van der Waals surface area contributed by atoms with E-state index in [1.165, 1.54) is 6.07 Å². The van der Waals surface area contributed by atoms with Crippen molar-refractivity contribution in [1.29, 1.82) is 0 Å². The summed E-state index contributed by atoms with van der Waals surface area (Å²) >= 11 is 5.57. The van der Waals surface area contributed by atoms with Crippen LogP contribution in [0.2, 0.25) is 5.15 Å². The van der Waals surface area contributed by atoms with Crippen LogP contribution >= 0.6 is 11.6 Å². The first kappa shape index (κ1) is 14.5. The van der Waals surface area contributed by atoms with Crippen molar-refractivity contribution < 1.29 is 18.3 Å². The molecule has 106 valence electrons. The number of phenolic OH excluding ortho intramolecular Hbond substituents is 1. The summed E-state index contributed by atoms with van der Waals surface area (Å²) in [5, 5.41) is 12.0. The third-order valence-corrected chi connectivity index (χ3v) is 2.77. The Balaban J connectivity index is 2.18. The highest BCUT2D eigenvalue weighted by molar-refractivity contribution is 6.29. The first-order valence-electron chi connectivity index (χ1n) is 5.62. The molecule has 0 atom stereocenters. The minimum absolute atomic E-state index is 0.00641. The number of nitrogens with zero attached hydrogens (tertiary/aromatic N) is 1. The van der Waals surface area contributed by atoms with E-state index in [4.69, 9.17) is 11.6 Å². The van der Waals surface area contributed by atoms with E-state index in [-0.39, 0.29) is 23.3 Å². The highest BCUT2D eigenvalue weighted by Gasteiger charge is 2.31. The molecule has 0 aliphatic rings. The molecule has 20 heavy (non-hydrogen) atoms. The summed E-state index contributed by atoms with van der Waals surface area (Å²) in [6.45, 7) is 0.136. The zero-order valence-electron chi connectivity index (χ0n) is 10.1. The van der Waals surface area contributed by atoms with Crippen LogP contribution in [0, 0.1) is 0 Å². The summed E-state index contributed by atoms with van der Waals surface area (Å²) in [5.41, 5.74) is -0.333. The average Bonchev–Trinajstić information content (AvgIpc) is 2.36. The van der Waals surface area contributed by atoms with Crippen LogP contribution in [0.5, 0.6) is 5.75 Å². The van der Waals surface area contributed by atoms with E-state index < -0.39 is 11.7 Å². The van der Waals surface area contributed by atoms with Crippen LogP contribution in [-0.4, -0.2) is 10.1 Å². The maximum absolute atomic E-state index is 12.6. The molecule has 1 aromatic carbocycles. The summed E-state index contributed by atoms with van der Waals surface area (Å²) in [4.78, 5) is 3.76. The molecule has 2 aromatic rings. The lowest BCUT2D eigenvalue weighted by Gasteiger charge is -2.11. The second-order valence-electron chi connectivity index (χ2n) is 4.04. The molecule has 1 aromatic heterocycles. The fourth-order valence-corrected chi connectivity index (χ4v) is 1.81. The number of halogens is 4. The first-order chi connectivity index (χ1) is 9.36. The van der Waals surface area contributed by atoms with E-state index in [9.17, 15) is 18.3 Å². The Morgan fingerprint density at radius 2 is 1.90 bits per heavy atom. The lowest BCUT2D eigenvalue weighted by atomic mass is 10.2. The van der Waals surface area contributed by atoms with Crippen LogP contribution in [0.25, 0.3) is 0 Å². The van der Waals surface area contributed by atoms with Crippen LogP contribution in [0.1, 0.15) is 11.1 Å². The highest BCUT2D eigenvalue weighted by Crippen LogP contribution is 2.32. The smallest absolute Gasteiger partial charge is 0.416 e. The fraction of sp³-hybridized carbons (Fsp3) is 0.154. The van der Waals surface area contributed by atoms with Gasteiger partial charge in [0.2, 0.25) is 0 Å². The quantitative estimate of drug-likeness (QED) is 0.840. The van der Waals surface area contributed by atoms with Gasteiger partial charge in [0.25, 0.3) is 0 Å². The predicted molar refractivity (Wildman–Crippen MR) is 69.7 cm³/mol. The van der Waals surface area contributed by atoms with Gasteiger partial charge in [-0.3, -0.25) is 0 Å². The van der Waals surface area contributed by atoms with Gasteiger partial charge in [-0.15, -0.1) is 0 Å². The van der Waals surface area contributed by atoms with Gasteiger partial charge in [-0.1, -0.05) is 29.8 Å². The lowest BCUT2D eigenvalue weighted by molar-refractivity contribution is -0.137. The third kappa shape index (κ3) is 3.54. The van der Waals surface area contributed by atoms with Gasteiger partial charge in [-0.25, -0.2) is 4.98 Å². The van der Waals surface area contributed by atoms with Crippen molar-refractivity contribution in [3.8, 4) is 5.75 Å². The van der Waals surface area contributed by atoms with Gasteiger partial charge in [0.05, 0.1) is 5.56 Å². The SMILES string of the molecule is Oc1ccccc1CNc1cc(C(F)(F)F)cc(Cl)n1. The van der Waals surface area contributed by atoms with Crippen LogP contribution in [0.15, 0.2) is 36.4 Å². The van der Waals surface area contributed by atoms with E-state index in [2.05, 4.69) is 10.3 Å². The normalized spacial score (nSPS) is 11.4. The summed E-state index contributed by atoms with van der Waals surface area (Å²) in [5.74, 6) is 0.0474. The molecule has 7 heteroatoms. The van der Waals surface area contributed by atoms with Crippen molar-refractivity contribution in [2.75, 3.05) is 5.32 Å². The number of pyridine rings is 1. The van der Waals surface area contributed by atoms with Crippen molar-refractivity contribution >= 4 is 17.4 Å². The van der Waals surface area contributed by atoms with E-state index in [0.29, 0.717) is 5.56 Å². The molecule has 2 rings (SSSR count). The van der Waals surface area contributed by atoms with E-state index >= 15 is 0 Å². The molecule has 0 spiro atoms. The Bertz CT molecular complexity index is 617. The second-order valence-corrected chi connectivity index (χ2v) is 4.43. The first-order valence-corrected chi connectivity index (χ1v) is 5.99. The van der Waals surface area contributed by atoms with E-state index in [1.807, 2.05) is 0 Å². The molecule has 0 aliphatic heterocycles. The van der Waals surface area contributed by atoms with E-state index in [0.717, 1.165) is 12.1 Å². The van der Waals surface area contributed by atoms with Gasteiger partial charge in [0, 0.05) is 12.1 Å². The topological polar surface area (TPSA) is 45.1 Å². The Hall–Kier alpha value is -1.95. The van der Waals surface area contributed by atoms with Crippen molar-refractivity contribution in [3.05, 3.63) is 52.7 Å². The monoisotopic (exact) mass is 302 g/mol. The molecule has 0 radical (unpaired) electrons. The fourth-order valence-electron chi connectivity index (χ4n) is 1.60. The summed E-state index contributed by atoms with van der Waals surface area (Å²) in [6.07, 6.45) is -4.49. The van der Waals surface area contributed by atoms with Gasteiger partial charge < -0.3 is 10.4 Å². The predicted octanol–water partition coefficient (Wildman–Crippen LogP) is 4.07. The van der Waals surface area contributed by atoms with Gasteiger partial charge in [-0.2, -0.15) is 13.2 Å². The third-order valence-electron chi connectivity index (χ3n) is 2.57. The largest absolute Gasteiger partial charge is 0.508 e. The van der Waals surface area contributed by atoms with Crippen molar-refractivity contribution in [2.24, 2.45) is 0 Å². The number of rotatable bonds is 3. The number of phenols is 1. The van der Waals surface area contributed by atoms with Crippen LogP contribution in [-0.2, 0) is 12.7 Å². The summed E-state index contributed by atoms with van der Waals surface area (Å²) in [6, 6.07) is 8.13. The van der Waals surface area contributed by atoms with Crippen LogP contribution in [0.3, 0.4) is 0 Å². The maximum Gasteiger partial charge on any atom is 0.416 e. The molecule has 0 saturated heterocycles. The molecule has 2 N–H and O–H groups in total. The molecule has 3 nitrogen and oxygen atoms in total. The number of nitrogens with one attached hydrogen (secondary N) is 1. The molecule has 0 fully saturated rings. The minimum Gasteiger partial charge on any atom is -0.508 e. The Kier molecular flexibility index (Phi) is 4.04. The molecule has 0 bridgehead atoms. The van der Waals surface area contributed by atoms with Crippen molar-refractivity contribution in [2.45, 2.75) is 12.7 Å². The zero-order valence-corrected chi connectivity index (χ0v) is 10.8. The van der Waals surface area contributed by atoms with Crippen LogP contribution < -0.4 is 5.32 Å². The van der Waals surface area contributed by atoms with Crippen molar-refractivity contribution in [3.63, 3.8) is 0 Å². The number of alkyl halides is 3. The molecular formula is C13H10ClF3N2O. The highest BCUT2D eigenvalue weighted by atomic mass is 35.5. The van der Waals surface area contributed by atoms with Gasteiger partial charge in [0.1, 0.15) is 16.7 Å². The number of benzene rings is 1. The Morgan fingerprint density at radius 3 is 2.55 bits per heavy atom. The molecule has 0 aliphatic carbocycles. The number of hydrogen-bond donors (Lipinski definition) is 2. The Morgan fingerprint density at radius 1 is 1.20 bits per heavy atom. The number of para-hydroxylation sites is 1. The molecular weight excluding hydrogens is 293 g/mol. The number of aromatic hydroxyl groups is 1. The van der Waals surface area contributed by atoms with Crippen molar-refractivity contribution in [1.82, 2.24) is 4.98 Å². The lowest BCUT2D eigenvalue weighted by Crippen LogP contribution is -2.08. The molecule has 0 saturated carbocycles. The summed E-state index contributed by atoms with van der Waals surface area (Å²) < 4.78 is 37.9. The molecule has 1 heterocycles. The second kappa shape index (κ2) is 5.58. The average molecular weight is 303 g/mol. The number of anilines is 1. The van der Waals surface area contributed by atoms with Crippen LogP contribution in [0.4, 0.5) is 19.0 Å².